The molecule has 20 heavy (non-hydrogen) atoms. The van der Waals surface area contributed by atoms with Crippen LogP contribution in [0.5, 0.6) is 5.75 Å². The van der Waals surface area contributed by atoms with Crippen molar-refractivity contribution in [2.24, 2.45) is 0 Å². The maximum absolute atomic E-state index is 11.4. The van der Waals surface area contributed by atoms with Crippen molar-refractivity contribution in [2.45, 2.75) is 19.4 Å². The highest BCUT2D eigenvalue weighted by atomic mass is 16.6. The maximum atomic E-state index is 11.4. The number of aliphatic carboxylic acids is 1. The molecule has 1 aromatic rings. The first-order valence-corrected chi connectivity index (χ1v) is 5.62. The zero-order chi connectivity index (χ0) is 15.3. The Morgan fingerprint density at radius 2 is 1.95 bits per heavy atom. The SMILES string of the molecule is CCC(OC(=O)Nc1ccc(C(=O)O)c(O)c1)C(=O)O. The molecule has 0 saturated heterocycles. The largest absolute Gasteiger partial charge is 0.507 e. The van der Waals surface area contributed by atoms with Gasteiger partial charge in [0.05, 0.1) is 0 Å². The standard InChI is InChI=1S/C12H13NO7/c1-2-9(11(17)18)20-12(19)13-6-3-4-7(10(15)16)8(14)5-6/h3-5,9,14H,2H2,1H3,(H,13,19)(H,15,16)(H,17,18). The molecular formula is C12H13NO7. The predicted molar refractivity (Wildman–Crippen MR) is 66.9 cm³/mol. The number of amides is 1. The van der Waals surface area contributed by atoms with Gasteiger partial charge in [0, 0.05) is 11.8 Å². The number of hydrogen-bond donors (Lipinski definition) is 4. The Labute approximate surface area is 113 Å². The summed E-state index contributed by atoms with van der Waals surface area (Å²) in [6, 6.07) is 3.36. The molecule has 0 saturated carbocycles. The molecule has 1 rings (SSSR count). The van der Waals surface area contributed by atoms with E-state index in [1.807, 2.05) is 0 Å². The number of aromatic carboxylic acids is 1. The van der Waals surface area contributed by atoms with E-state index in [2.05, 4.69) is 10.1 Å². The number of carbonyl (C=O) groups is 3. The Balaban J connectivity index is 2.74. The normalized spacial score (nSPS) is 11.4. The minimum Gasteiger partial charge on any atom is -0.507 e. The van der Waals surface area contributed by atoms with Crippen molar-refractivity contribution in [3.63, 3.8) is 0 Å². The van der Waals surface area contributed by atoms with Crippen LogP contribution in [0.1, 0.15) is 23.7 Å². The Morgan fingerprint density at radius 3 is 2.40 bits per heavy atom. The van der Waals surface area contributed by atoms with Crippen LogP contribution in [0.25, 0.3) is 0 Å². The Morgan fingerprint density at radius 1 is 1.30 bits per heavy atom. The monoisotopic (exact) mass is 283 g/mol. The summed E-state index contributed by atoms with van der Waals surface area (Å²) >= 11 is 0. The zero-order valence-electron chi connectivity index (χ0n) is 10.5. The summed E-state index contributed by atoms with van der Waals surface area (Å²) in [6.45, 7) is 1.54. The number of nitrogens with one attached hydrogen (secondary N) is 1. The summed E-state index contributed by atoms with van der Waals surface area (Å²) < 4.78 is 4.64. The summed E-state index contributed by atoms with van der Waals surface area (Å²) in [5.74, 6) is -3.11. The average Bonchev–Trinajstić information content (AvgIpc) is 2.35. The van der Waals surface area contributed by atoms with Gasteiger partial charge >= 0.3 is 18.0 Å². The Bertz CT molecular complexity index is 541. The quantitative estimate of drug-likeness (QED) is 0.643. The average molecular weight is 283 g/mol. The van der Waals surface area contributed by atoms with Crippen molar-refractivity contribution in [2.75, 3.05) is 5.32 Å². The minimum absolute atomic E-state index is 0.0812. The van der Waals surface area contributed by atoms with Gasteiger partial charge in [0.15, 0.2) is 6.10 Å². The van der Waals surface area contributed by atoms with Gasteiger partial charge in [-0.1, -0.05) is 6.92 Å². The second-order valence-electron chi connectivity index (χ2n) is 3.80. The van der Waals surface area contributed by atoms with Gasteiger partial charge < -0.3 is 20.1 Å². The third-order valence-electron chi connectivity index (χ3n) is 2.37. The van der Waals surface area contributed by atoms with Crippen LogP contribution in [0.15, 0.2) is 18.2 Å². The van der Waals surface area contributed by atoms with E-state index in [-0.39, 0.29) is 17.7 Å². The number of carboxylic acid groups (broad SMARTS) is 2. The van der Waals surface area contributed by atoms with Crippen LogP contribution >= 0.6 is 0 Å². The number of carboxylic acids is 2. The molecule has 0 fully saturated rings. The lowest BCUT2D eigenvalue weighted by molar-refractivity contribution is -0.146. The van der Waals surface area contributed by atoms with Gasteiger partial charge in [0.2, 0.25) is 0 Å². The van der Waals surface area contributed by atoms with Gasteiger partial charge in [-0.05, 0) is 18.6 Å². The predicted octanol–water partition coefficient (Wildman–Crippen LogP) is 1.50. The highest BCUT2D eigenvalue weighted by molar-refractivity contribution is 5.93. The summed E-state index contributed by atoms with van der Waals surface area (Å²) in [6.07, 6.45) is -2.19. The minimum atomic E-state index is -1.31. The van der Waals surface area contributed by atoms with Crippen LogP contribution in [-0.2, 0) is 9.53 Å². The molecule has 0 radical (unpaired) electrons. The molecule has 108 valence electrons. The smallest absolute Gasteiger partial charge is 0.412 e. The molecule has 0 aromatic heterocycles. The van der Waals surface area contributed by atoms with Crippen LogP contribution in [0.3, 0.4) is 0 Å². The highest BCUT2D eigenvalue weighted by Gasteiger charge is 2.20. The molecule has 1 unspecified atom stereocenters. The van der Waals surface area contributed by atoms with E-state index in [0.717, 1.165) is 12.1 Å². The van der Waals surface area contributed by atoms with E-state index in [4.69, 9.17) is 10.2 Å². The topological polar surface area (TPSA) is 133 Å². The van der Waals surface area contributed by atoms with Crippen LogP contribution < -0.4 is 5.32 Å². The lowest BCUT2D eigenvalue weighted by Gasteiger charge is -2.12. The highest BCUT2D eigenvalue weighted by Crippen LogP contribution is 2.22. The molecule has 8 heteroatoms. The number of phenols is 1. The van der Waals surface area contributed by atoms with E-state index in [1.165, 1.54) is 6.07 Å². The third kappa shape index (κ3) is 3.87. The second kappa shape index (κ2) is 6.41. The van der Waals surface area contributed by atoms with Gasteiger partial charge in [0.25, 0.3) is 0 Å². The van der Waals surface area contributed by atoms with Crippen molar-refractivity contribution in [3.8, 4) is 5.75 Å². The third-order valence-corrected chi connectivity index (χ3v) is 2.37. The van der Waals surface area contributed by atoms with Crippen molar-refractivity contribution in [1.82, 2.24) is 0 Å². The molecule has 0 aliphatic rings. The molecule has 4 N–H and O–H groups in total. The van der Waals surface area contributed by atoms with Gasteiger partial charge in [0.1, 0.15) is 11.3 Å². The fourth-order valence-corrected chi connectivity index (χ4v) is 1.38. The van der Waals surface area contributed by atoms with Gasteiger partial charge in [-0.15, -0.1) is 0 Å². The number of aromatic hydroxyl groups is 1. The van der Waals surface area contributed by atoms with Gasteiger partial charge in [-0.3, -0.25) is 5.32 Å². The molecule has 0 heterocycles. The van der Waals surface area contributed by atoms with Crippen molar-refractivity contribution >= 4 is 23.7 Å². The molecule has 1 amide bonds. The molecule has 8 nitrogen and oxygen atoms in total. The fourth-order valence-electron chi connectivity index (χ4n) is 1.38. The van der Waals surface area contributed by atoms with E-state index in [0.29, 0.717) is 0 Å². The van der Waals surface area contributed by atoms with Crippen molar-refractivity contribution in [3.05, 3.63) is 23.8 Å². The molecule has 1 aromatic carbocycles. The summed E-state index contributed by atoms with van der Waals surface area (Å²) in [4.78, 5) is 32.8. The summed E-state index contributed by atoms with van der Waals surface area (Å²) in [5, 5.41) is 29.0. The summed E-state index contributed by atoms with van der Waals surface area (Å²) in [7, 11) is 0. The Hall–Kier alpha value is -2.77. The zero-order valence-corrected chi connectivity index (χ0v) is 10.5. The van der Waals surface area contributed by atoms with Crippen LogP contribution in [0, 0.1) is 0 Å². The molecular weight excluding hydrogens is 270 g/mol. The molecule has 0 spiro atoms. The number of rotatable bonds is 5. The number of hydrogen-bond acceptors (Lipinski definition) is 5. The lowest BCUT2D eigenvalue weighted by Crippen LogP contribution is -2.28. The number of anilines is 1. The number of carbonyl (C=O) groups excluding carboxylic acids is 1. The molecule has 1 atom stereocenters. The molecule has 0 aliphatic heterocycles. The number of benzene rings is 1. The second-order valence-corrected chi connectivity index (χ2v) is 3.80. The van der Waals surface area contributed by atoms with Crippen LogP contribution in [0.2, 0.25) is 0 Å². The first-order chi connectivity index (χ1) is 9.35. The fraction of sp³-hybridized carbons (Fsp3) is 0.250. The molecule has 0 bridgehead atoms. The Kier molecular flexibility index (Phi) is 4.90. The summed E-state index contributed by atoms with van der Waals surface area (Å²) in [5.41, 5.74) is -0.237. The first-order valence-electron chi connectivity index (χ1n) is 5.62. The van der Waals surface area contributed by atoms with E-state index >= 15 is 0 Å². The van der Waals surface area contributed by atoms with E-state index in [9.17, 15) is 19.5 Å². The molecule has 0 aliphatic carbocycles. The van der Waals surface area contributed by atoms with Crippen LogP contribution in [0.4, 0.5) is 10.5 Å². The lowest BCUT2D eigenvalue weighted by atomic mass is 10.2. The number of ether oxygens (including phenoxy) is 1. The maximum Gasteiger partial charge on any atom is 0.412 e. The first kappa shape index (κ1) is 15.3. The van der Waals surface area contributed by atoms with E-state index < -0.39 is 29.9 Å². The van der Waals surface area contributed by atoms with E-state index in [1.54, 1.807) is 6.92 Å². The van der Waals surface area contributed by atoms with Crippen molar-refractivity contribution in [1.29, 1.82) is 0 Å². The van der Waals surface area contributed by atoms with Crippen LogP contribution in [-0.4, -0.2) is 39.5 Å². The van der Waals surface area contributed by atoms with Crippen molar-refractivity contribution < 1.29 is 34.4 Å². The van der Waals surface area contributed by atoms with Gasteiger partial charge in [-0.25, -0.2) is 14.4 Å². The van der Waals surface area contributed by atoms with Gasteiger partial charge in [-0.2, -0.15) is 0 Å².